The fourth-order valence-electron chi connectivity index (χ4n) is 4.62. The van der Waals surface area contributed by atoms with E-state index in [1.54, 1.807) is 0 Å². The molecule has 0 radical (unpaired) electrons. The van der Waals surface area contributed by atoms with E-state index in [4.69, 9.17) is 4.99 Å². The Morgan fingerprint density at radius 3 is 2.61 bits per heavy atom. The first kappa shape index (κ1) is 19.1. The van der Waals surface area contributed by atoms with Gasteiger partial charge >= 0.3 is 6.03 Å². The maximum Gasteiger partial charge on any atom is 0.317 e. The Bertz CT molecular complexity index is 730. The van der Waals surface area contributed by atoms with Crippen molar-refractivity contribution in [2.75, 3.05) is 18.4 Å². The molecule has 1 saturated heterocycles. The number of carbonyl (C=O) groups is 1. The smallest absolute Gasteiger partial charge is 0.317 e. The predicted molar refractivity (Wildman–Crippen MR) is 114 cm³/mol. The first-order chi connectivity index (χ1) is 13.6. The average molecular weight is 384 g/mol. The van der Waals surface area contributed by atoms with E-state index in [0.29, 0.717) is 6.04 Å². The van der Waals surface area contributed by atoms with Crippen LogP contribution in [0.15, 0.2) is 29.3 Å². The molecule has 1 spiro atoms. The summed E-state index contributed by atoms with van der Waals surface area (Å²) in [4.78, 5) is 19.4. The molecule has 0 unspecified atom stereocenters. The monoisotopic (exact) mass is 383 g/mol. The van der Waals surface area contributed by atoms with E-state index in [1.807, 2.05) is 24.8 Å². The molecule has 0 aromatic heterocycles. The summed E-state index contributed by atoms with van der Waals surface area (Å²) in [7, 11) is 0. The first-order valence-electron chi connectivity index (χ1n) is 10.8. The van der Waals surface area contributed by atoms with E-state index >= 15 is 0 Å². The molecule has 3 N–H and O–H groups in total. The SMILES string of the molecule is CC(C)NC(=O)N1CCC2(CC1)Nc1ccccc1N=C2NC1CCCCC1. The predicted octanol–water partition coefficient (Wildman–Crippen LogP) is 4.02. The molecular weight excluding hydrogens is 350 g/mol. The number of hydrogen-bond acceptors (Lipinski definition) is 4. The fraction of sp³-hybridized carbons (Fsp3) is 0.636. The summed E-state index contributed by atoms with van der Waals surface area (Å²) < 4.78 is 0. The molecule has 1 aromatic carbocycles. The summed E-state index contributed by atoms with van der Waals surface area (Å²) in [6, 6.07) is 8.99. The Labute approximate surface area is 168 Å². The number of likely N-dealkylation sites (tertiary alicyclic amines) is 1. The highest BCUT2D eigenvalue weighted by molar-refractivity contribution is 6.00. The molecule has 28 heavy (non-hydrogen) atoms. The third-order valence-electron chi connectivity index (χ3n) is 6.23. The molecule has 2 fully saturated rings. The third kappa shape index (κ3) is 3.96. The number of nitrogens with zero attached hydrogens (tertiary/aromatic N) is 2. The van der Waals surface area contributed by atoms with Gasteiger partial charge in [-0.1, -0.05) is 31.4 Å². The van der Waals surface area contributed by atoms with E-state index < -0.39 is 0 Å². The molecule has 4 rings (SSSR count). The summed E-state index contributed by atoms with van der Waals surface area (Å²) in [5.41, 5.74) is 1.89. The molecule has 0 atom stereocenters. The highest BCUT2D eigenvalue weighted by atomic mass is 16.2. The molecule has 0 bridgehead atoms. The summed E-state index contributed by atoms with van der Waals surface area (Å²) in [5.74, 6) is 1.07. The van der Waals surface area contributed by atoms with Crippen LogP contribution in [0.5, 0.6) is 0 Å². The van der Waals surface area contributed by atoms with Crippen LogP contribution in [0.1, 0.15) is 58.8 Å². The van der Waals surface area contributed by atoms with Gasteiger partial charge in [-0.15, -0.1) is 0 Å². The van der Waals surface area contributed by atoms with E-state index in [1.165, 1.54) is 32.1 Å². The van der Waals surface area contributed by atoms with E-state index in [-0.39, 0.29) is 17.6 Å². The van der Waals surface area contributed by atoms with Crippen LogP contribution in [0, 0.1) is 0 Å². The number of benzene rings is 1. The molecule has 1 aromatic rings. The maximum absolute atomic E-state index is 12.4. The van der Waals surface area contributed by atoms with Crippen molar-refractivity contribution in [3.8, 4) is 0 Å². The van der Waals surface area contributed by atoms with Crippen LogP contribution >= 0.6 is 0 Å². The van der Waals surface area contributed by atoms with Crippen LogP contribution in [-0.2, 0) is 0 Å². The zero-order valence-corrected chi connectivity index (χ0v) is 17.1. The normalized spacial score (nSPS) is 21.7. The van der Waals surface area contributed by atoms with Crippen LogP contribution in [-0.4, -0.2) is 47.5 Å². The van der Waals surface area contributed by atoms with Crippen molar-refractivity contribution in [3.63, 3.8) is 0 Å². The highest BCUT2D eigenvalue weighted by Gasteiger charge is 2.43. The summed E-state index contributed by atoms with van der Waals surface area (Å²) in [6.07, 6.45) is 8.11. The minimum absolute atomic E-state index is 0.0415. The molecule has 2 heterocycles. The van der Waals surface area contributed by atoms with Gasteiger partial charge in [-0.2, -0.15) is 0 Å². The number of rotatable bonds is 2. The van der Waals surface area contributed by atoms with Gasteiger partial charge in [0.2, 0.25) is 0 Å². The fourth-order valence-corrected chi connectivity index (χ4v) is 4.62. The molecule has 3 aliphatic rings. The lowest BCUT2D eigenvalue weighted by Gasteiger charge is -2.46. The number of fused-ring (bicyclic) bond motifs is 1. The van der Waals surface area contributed by atoms with Gasteiger partial charge in [0, 0.05) is 25.2 Å². The number of para-hydroxylation sites is 2. The molecule has 6 heteroatoms. The van der Waals surface area contributed by atoms with Gasteiger partial charge in [-0.25, -0.2) is 9.79 Å². The number of urea groups is 1. The van der Waals surface area contributed by atoms with Crippen molar-refractivity contribution in [3.05, 3.63) is 24.3 Å². The molecule has 6 nitrogen and oxygen atoms in total. The molecule has 2 amide bonds. The molecule has 1 saturated carbocycles. The van der Waals surface area contributed by atoms with Gasteiger partial charge in [0.05, 0.1) is 16.9 Å². The van der Waals surface area contributed by atoms with Crippen molar-refractivity contribution in [2.24, 2.45) is 4.99 Å². The Balaban J connectivity index is 1.53. The van der Waals surface area contributed by atoms with Crippen molar-refractivity contribution in [2.45, 2.75) is 76.4 Å². The van der Waals surface area contributed by atoms with E-state index in [9.17, 15) is 4.79 Å². The second-order valence-corrected chi connectivity index (χ2v) is 8.76. The molecule has 1 aliphatic carbocycles. The Kier molecular flexibility index (Phi) is 5.47. The second kappa shape index (κ2) is 8.02. The minimum atomic E-state index is -0.208. The second-order valence-electron chi connectivity index (χ2n) is 8.76. The van der Waals surface area contributed by atoms with Crippen molar-refractivity contribution < 1.29 is 4.79 Å². The minimum Gasteiger partial charge on any atom is -0.371 e. The van der Waals surface area contributed by atoms with Gasteiger partial charge in [-0.3, -0.25) is 0 Å². The summed E-state index contributed by atoms with van der Waals surface area (Å²) in [5, 5.41) is 10.6. The van der Waals surface area contributed by atoms with Crippen LogP contribution in [0.3, 0.4) is 0 Å². The lowest BCUT2D eigenvalue weighted by atomic mass is 9.83. The number of carbonyl (C=O) groups excluding carboxylic acids is 1. The zero-order chi connectivity index (χ0) is 19.6. The molecular formula is C22H33N5O. The summed E-state index contributed by atoms with van der Waals surface area (Å²) in [6.45, 7) is 5.47. The van der Waals surface area contributed by atoms with Crippen molar-refractivity contribution in [1.82, 2.24) is 15.5 Å². The van der Waals surface area contributed by atoms with Crippen LogP contribution in [0.2, 0.25) is 0 Å². The van der Waals surface area contributed by atoms with Crippen LogP contribution in [0.4, 0.5) is 16.2 Å². The van der Waals surface area contributed by atoms with E-state index in [0.717, 1.165) is 43.1 Å². The van der Waals surface area contributed by atoms with Crippen molar-refractivity contribution in [1.29, 1.82) is 0 Å². The number of amides is 2. The topological polar surface area (TPSA) is 68.8 Å². The van der Waals surface area contributed by atoms with Gasteiger partial charge < -0.3 is 20.9 Å². The first-order valence-corrected chi connectivity index (χ1v) is 10.8. The number of piperidine rings is 1. The van der Waals surface area contributed by atoms with Crippen LogP contribution in [0.25, 0.3) is 0 Å². The number of anilines is 1. The van der Waals surface area contributed by atoms with Gasteiger partial charge in [0.15, 0.2) is 0 Å². The zero-order valence-electron chi connectivity index (χ0n) is 17.1. The van der Waals surface area contributed by atoms with Gasteiger partial charge in [-0.05, 0) is 51.7 Å². The number of nitrogens with one attached hydrogen (secondary N) is 3. The van der Waals surface area contributed by atoms with Crippen molar-refractivity contribution >= 4 is 23.2 Å². The molecule has 152 valence electrons. The lowest BCUT2D eigenvalue weighted by molar-refractivity contribution is 0.174. The van der Waals surface area contributed by atoms with Crippen LogP contribution < -0.4 is 16.0 Å². The third-order valence-corrected chi connectivity index (χ3v) is 6.23. The quantitative estimate of drug-likeness (QED) is 0.722. The number of hydrogen-bond donors (Lipinski definition) is 3. The van der Waals surface area contributed by atoms with Gasteiger partial charge in [0.25, 0.3) is 0 Å². The van der Waals surface area contributed by atoms with E-state index in [2.05, 4.69) is 34.1 Å². The summed E-state index contributed by atoms with van der Waals surface area (Å²) >= 11 is 0. The highest BCUT2D eigenvalue weighted by Crippen LogP contribution is 2.38. The Hall–Kier alpha value is -2.24. The Morgan fingerprint density at radius 1 is 1.18 bits per heavy atom. The maximum atomic E-state index is 12.4. The number of amidine groups is 1. The lowest BCUT2D eigenvalue weighted by Crippen LogP contribution is -2.62. The Morgan fingerprint density at radius 2 is 1.89 bits per heavy atom. The standard InChI is InChI=1S/C22H33N5O/c1-16(2)23-21(28)27-14-12-22(13-15-27)20(24-17-8-4-3-5-9-17)25-18-10-6-7-11-19(18)26-22/h6-7,10-11,16-17,26H,3-5,8-9,12-15H2,1-2H3,(H,23,28)(H,24,25). The largest absolute Gasteiger partial charge is 0.371 e. The van der Waals surface area contributed by atoms with Gasteiger partial charge in [0.1, 0.15) is 5.84 Å². The number of aliphatic imine (C=N–C) groups is 1. The average Bonchev–Trinajstić information content (AvgIpc) is 2.69. The molecule has 2 aliphatic heterocycles.